The van der Waals surface area contributed by atoms with Gasteiger partial charge in [0.25, 0.3) is 5.91 Å². The molecule has 1 amide bonds. The molecule has 0 saturated heterocycles. The molecular weight excluding hydrogens is 372 g/mol. The second-order valence-electron chi connectivity index (χ2n) is 6.23. The minimum Gasteiger partial charge on any atom is -0.395 e. The lowest BCUT2D eigenvalue weighted by Crippen LogP contribution is -2.22. The lowest BCUT2D eigenvalue weighted by Gasteiger charge is -2.04. The molecule has 0 spiro atoms. The summed E-state index contributed by atoms with van der Waals surface area (Å²) < 4.78 is 6.70. The van der Waals surface area contributed by atoms with Gasteiger partial charge < -0.3 is 9.73 Å². The Labute approximate surface area is 165 Å². The van der Waals surface area contributed by atoms with Crippen LogP contribution in [-0.4, -0.2) is 20.6 Å². The van der Waals surface area contributed by atoms with Gasteiger partial charge in [0.2, 0.25) is 0 Å². The van der Waals surface area contributed by atoms with Crippen molar-refractivity contribution in [1.82, 2.24) is 15.1 Å². The number of furan rings is 1. The SMILES string of the molecule is O=C(NCc1cn(-c2ccccc2)nc1-c1ccccc1)c1ccc([N+](=O)[O-])o1. The number of para-hydroxylation sites is 1. The highest BCUT2D eigenvalue weighted by Crippen LogP contribution is 2.24. The van der Waals surface area contributed by atoms with Crippen LogP contribution in [0.15, 0.2) is 83.4 Å². The topological polar surface area (TPSA) is 103 Å². The van der Waals surface area contributed by atoms with Gasteiger partial charge in [0.15, 0.2) is 5.76 Å². The molecule has 29 heavy (non-hydrogen) atoms. The number of rotatable bonds is 6. The van der Waals surface area contributed by atoms with Crippen LogP contribution in [0.25, 0.3) is 16.9 Å². The van der Waals surface area contributed by atoms with Gasteiger partial charge in [-0.2, -0.15) is 5.10 Å². The zero-order valence-corrected chi connectivity index (χ0v) is 15.2. The maximum Gasteiger partial charge on any atom is 0.433 e. The highest BCUT2D eigenvalue weighted by Gasteiger charge is 2.18. The molecule has 4 rings (SSSR count). The van der Waals surface area contributed by atoms with Crippen molar-refractivity contribution in [2.75, 3.05) is 0 Å². The van der Waals surface area contributed by atoms with Crippen LogP contribution in [0.2, 0.25) is 0 Å². The Balaban J connectivity index is 1.60. The van der Waals surface area contributed by atoms with Crippen molar-refractivity contribution >= 4 is 11.8 Å². The summed E-state index contributed by atoms with van der Waals surface area (Å²) in [5, 5.41) is 18.1. The van der Waals surface area contributed by atoms with Crippen molar-refractivity contribution in [3.63, 3.8) is 0 Å². The maximum atomic E-state index is 12.3. The average Bonchev–Trinajstić information content (AvgIpc) is 3.41. The fourth-order valence-corrected chi connectivity index (χ4v) is 2.90. The number of nitrogens with zero attached hydrogens (tertiary/aromatic N) is 3. The molecule has 0 radical (unpaired) electrons. The predicted octanol–water partition coefficient (Wildman–Crippen LogP) is 3.97. The molecule has 4 aromatic rings. The number of nitro groups is 1. The van der Waals surface area contributed by atoms with Gasteiger partial charge in [-0.3, -0.25) is 14.9 Å². The molecule has 2 heterocycles. The molecule has 8 nitrogen and oxygen atoms in total. The normalized spacial score (nSPS) is 10.6. The van der Waals surface area contributed by atoms with Gasteiger partial charge >= 0.3 is 5.88 Å². The lowest BCUT2D eigenvalue weighted by molar-refractivity contribution is -0.402. The third-order valence-electron chi connectivity index (χ3n) is 4.29. The Morgan fingerprint density at radius 3 is 2.38 bits per heavy atom. The van der Waals surface area contributed by atoms with E-state index in [0.29, 0.717) is 0 Å². The fraction of sp³-hybridized carbons (Fsp3) is 0.0476. The summed E-state index contributed by atoms with van der Waals surface area (Å²) in [5.41, 5.74) is 3.35. The van der Waals surface area contributed by atoms with Crippen LogP contribution < -0.4 is 5.32 Å². The predicted molar refractivity (Wildman–Crippen MR) is 106 cm³/mol. The highest BCUT2D eigenvalue weighted by atomic mass is 16.6. The largest absolute Gasteiger partial charge is 0.433 e. The second kappa shape index (κ2) is 7.81. The molecule has 8 heteroatoms. The summed E-state index contributed by atoms with van der Waals surface area (Å²) in [6.45, 7) is 0.185. The van der Waals surface area contributed by atoms with E-state index >= 15 is 0 Å². The number of hydrogen-bond donors (Lipinski definition) is 1. The minimum atomic E-state index is -0.686. The molecule has 144 valence electrons. The van der Waals surface area contributed by atoms with E-state index in [4.69, 9.17) is 4.42 Å². The minimum absolute atomic E-state index is 0.117. The first-order valence-corrected chi connectivity index (χ1v) is 8.83. The van der Waals surface area contributed by atoms with Gasteiger partial charge in [0, 0.05) is 23.9 Å². The van der Waals surface area contributed by atoms with Crippen molar-refractivity contribution in [2.24, 2.45) is 0 Å². The monoisotopic (exact) mass is 388 g/mol. The average molecular weight is 388 g/mol. The van der Waals surface area contributed by atoms with Crippen molar-refractivity contribution in [3.05, 3.63) is 100 Å². The summed E-state index contributed by atoms with van der Waals surface area (Å²) in [5.74, 6) is -1.13. The summed E-state index contributed by atoms with van der Waals surface area (Å²) >= 11 is 0. The Hall–Kier alpha value is -4.20. The van der Waals surface area contributed by atoms with E-state index in [2.05, 4.69) is 10.4 Å². The Kier molecular flexibility index (Phi) is 4.90. The van der Waals surface area contributed by atoms with Crippen molar-refractivity contribution in [1.29, 1.82) is 0 Å². The zero-order valence-electron chi connectivity index (χ0n) is 15.2. The second-order valence-corrected chi connectivity index (χ2v) is 6.23. The van der Waals surface area contributed by atoms with E-state index in [0.717, 1.165) is 28.6 Å². The Bertz CT molecular complexity index is 1150. The molecule has 2 aromatic carbocycles. The van der Waals surface area contributed by atoms with Gasteiger partial charge in [0.1, 0.15) is 4.92 Å². The van der Waals surface area contributed by atoms with E-state index in [1.165, 1.54) is 6.07 Å². The third-order valence-corrected chi connectivity index (χ3v) is 4.29. The zero-order chi connectivity index (χ0) is 20.2. The summed E-state index contributed by atoms with van der Waals surface area (Å²) in [6, 6.07) is 21.7. The molecule has 0 saturated carbocycles. The van der Waals surface area contributed by atoms with Crippen LogP contribution in [0, 0.1) is 10.1 Å². The van der Waals surface area contributed by atoms with Crippen molar-refractivity contribution < 1.29 is 14.1 Å². The summed E-state index contributed by atoms with van der Waals surface area (Å²) in [7, 11) is 0. The molecule has 0 bridgehead atoms. The Morgan fingerprint density at radius 1 is 1.03 bits per heavy atom. The van der Waals surface area contributed by atoms with E-state index in [-0.39, 0.29) is 12.3 Å². The molecule has 0 fully saturated rings. The smallest absolute Gasteiger partial charge is 0.395 e. The first kappa shape index (κ1) is 18.2. The van der Waals surface area contributed by atoms with Gasteiger partial charge in [0.05, 0.1) is 17.4 Å². The maximum absolute atomic E-state index is 12.3. The van der Waals surface area contributed by atoms with Gasteiger partial charge in [-0.1, -0.05) is 48.5 Å². The first-order valence-electron chi connectivity index (χ1n) is 8.83. The van der Waals surface area contributed by atoms with Gasteiger partial charge in [-0.25, -0.2) is 4.68 Å². The third kappa shape index (κ3) is 3.91. The fourth-order valence-electron chi connectivity index (χ4n) is 2.90. The standard InChI is InChI=1S/C21H16N4O4/c26-21(18-11-12-19(29-18)25(27)28)22-13-16-14-24(17-9-5-2-6-10-17)23-20(16)15-7-3-1-4-8-15/h1-12,14H,13H2,(H,22,26). The molecule has 0 aliphatic rings. The number of carbonyl (C=O) groups excluding carboxylic acids is 1. The van der Waals surface area contributed by atoms with Gasteiger partial charge in [-0.15, -0.1) is 0 Å². The molecular formula is C21H16N4O4. The molecule has 0 aliphatic heterocycles. The number of aromatic nitrogens is 2. The van der Waals surface area contributed by atoms with Crippen molar-refractivity contribution in [3.8, 4) is 16.9 Å². The first-order chi connectivity index (χ1) is 14.1. The van der Waals surface area contributed by atoms with E-state index in [9.17, 15) is 14.9 Å². The van der Waals surface area contributed by atoms with Crippen LogP contribution in [0.1, 0.15) is 16.1 Å². The van der Waals surface area contributed by atoms with Crippen LogP contribution >= 0.6 is 0 Å². The quantitative estimate of drug-likeness (QED) is 0.398. The molecule has 0 unspecified atom stereocenters. The number of nitrogens with one attached hydrogen (secondary N) is 1. The van der Waals surface area contributed by atoms with E-state index in [1.54, 1.807) is 4.68 Å². The molecule has 2 aromatic heterocycles. The number of benzene rings is 2. The lowest BCUT2D eigenvalue weighted by atomic mass is 10.1. The summed E-state index contributed by atoms with van der Waals surface area (Å²) in [6.07, 6.45) is 1.85. The van der Waals surface area contributed by atoms with E-state index < -0.39 is 16.7 Å². The molecule has 0 atom stereocenters. The molecule has 1 N–H and O–H groups in total. The van der Waals surface area contributed by atoms with Crippen LogP contribution in [0.3, 0.4) is 0 Å². The van der Waals surface area contributed by atoms with Crippen LogP contribution in [0.5, 0.6) is 0 Å². The molecule has 0 aliphatic carbocycles. The number of carbonyl (C=O) groups is 1. The number of amides is 1. The van der Waals surface area contributed by atoms with Gasteiger partial charge in [-0.05, 0) is 18.2 Å². The van der Waals surface area contributed by atoms with E-state index in [1.807, 2.05) is 66.9 Å². The van der Waals surface area contributed by atoms with Crippen molar-refractivity contribution in [2.45, 2.75) is 6.54 Å². The van der Waals surface area contributed by atoms with Crippen LogP contribution in [0.4, 0.5) is 5.88 Å². The Morgan fingerprint density at radius 2 is 1.72 bits per heavy atom. The van der Waals surface area contributed by atoms with Crippen LogP contribution in [-0.2, 0) is 6.54 Å². The highest BCUT2D eigenvalue weighted by molar-refractivity contribution is 5.91. The summed E-state index contributed by atoms with van der Waals surface area (Å²) in [4.78, 5) is 22.4. The number of hydrogen-bond acceptors (Lipinski definition) is 5.